The first-order valence-corrected chi connectivity index (χ1v) is 3.04. The first-order chi connectivity index (χ1) is 4.70. The Morgan fingerprint density at radius 3 is 2.90 bits per heavy atom. The number of carboxylic acids is 1. The molecule has 0 bridgehead atoms. The zero-order chi connectivity index (χ0) is 7.56. The fourth-order valence-corrected chi connectivity index (χ4v) is 0.871. The summed E-state index contributed by atoms with van der Waals surface area (Å²) in [6, 6.07) is 0. The summed E-state index contributed by atoms with van der Waals surface area (Å²) in [5.74, 6) is -0.986. The lowest BCUT2D eigenvalue weighted by molar-refractivity contribution is -0.133. The van der Waals surface area contributed by atoms with Crippen LogP contribution in [0.1, 0.15) is 6.42 Å². The van der Waals surface area contributed by atoms with Crippen LogP contribution in [-0.2, 0) is 4.79 Å². The molecule has 4 heteroatoms. The van der Waals surface area contributed by atoms with Crippen molar-refractivity contribution in [3.05, 3.63) is 16.9 Å². The zero-order valence-corrected chi connectivity index (χ0v) is 5.41. The van der Waals surface area contributed by atoms with Crippen molar-refractivity contribution in [2.45, 2.75) is 6.42 Å². The zero-order valence-electron chi connectivity index (χ0n) is 5.41. The van der Waals surface area contributed by atoms with Gasteiger partial charge in [0.2, 0.25) is 0 Å². The average molecular weight is 142 g/mol. The van der Waals surface area contributed by atoms with Crippen LogP contribution in [-0.4, -0.2) is 29.2 Å². The summed E-state index contributed by atoms with van der Waals surface area (Å²) in [6.07, 6.45) is 2.14. The number of hydrogen-bond acceptors (Lipinski definition) is 3. The summed E-state index contributed by atoms with van der Waals surface area (Å²) >= 11 is 0. The largest absolute Gasteiger partial charge is 0.785 e. The van der Waals surface area contributed by atoms with Gasteiger partial charge in [0.05, 0.1) is 0 Å². The lowest BCUT2D eigenvalue weighted by Gasteiger charge is -2.30. The molecule has 0 aromatic carbocycles. The van der Waals surface area contributed by atoms with E-state index in [0.29, 0.717) is 13.0 Å². The van der Waals surface area contributed by atoms with Crippen LogP contribution in [0.15, 0.2) is 11.6 Å². The van der Waals surface area contributed by atoms with E-state index in [2.05, 4.69) is 0 Å². The van der Waals surface area contributed by atoms with Gasteiger partial charge in [-0.1, -0.05) is 6.08 Å². The van der Waals surface area contributed by atoms with Crippen molar-refractivity contribution in [2.24, 2.45) is 0 Å². The van der Waals surface area contributed by atoms with Crippen LogP contribution in [0.25, 0.3) is 0 Å². The monoisotopic (exact) mass is 142 g/mol. The minimum absolute atomic E-state index is 0.0231. The summed E-state index contributed by atoms with van der Waals surface area (Å²) in [6.45, 7) is 0.437. The van der Waals surface area contributed by atoms with E-state index in [1.165, 1.54) is 0 Å². The number of nitrogens with zero attached hydrogens (tertiary/aromatic N) is 1. The van der Waals surface area contributed by atoms with Gasteiger partial charge in [0.1, 0.15) is 0 Å². The maximum atomic E-state index is 10.6. The molecule has 56 valence electrons. The van der Waals surface area contributed by atoms with Gasteiger partial charge in [0, 0.05) is 12.1 Å². The SMILES string of the molecule is O=C(O)C1=CCCN([O-])C1. The Morgan fingerprint density at radius 1 is 1.80 bits per heavy atom. The van der Waals surface area contributed by atoms with Crippen molar-refractivity contribution >= 4 is 5.97 Å². The Balaban J connectivity index is 2.60. The molecule has 1 N–H and O–H groups in total. The van der Waals surface area contributed by atoms with Crippen molar-refractivity contribution in [3.63, 3.8) is 0 Å². The second-order valence-electron chi connectivity index (χ2n) is 2.19. The van der Waals surface area contributed by atoms with Gasteiger partial charge in [-0.2, -0.15) is 0 Å². The van der Waals surface area contributed by atoms with Crippen molar-refractivity contribution in [1.82, 2.24) is 5.06 Å². The number of carboxylic acid groups (broad SMARTS) is 1. The van der Waals surface area contributed by atoms with Crippen LogP contribution in [0, 0.1) is 5.21 Å². The van der Waals surface area contributed by atoms with Crippen LogP contribution < -0.4 is 0 Å². The molecule has 0 unspecified atom stereocenters. The van der Waals surface area contributed by atoms with Gasteiger partial charge < -0.3 is 15.4 Å². The van der Waals surface area contributed by atoms with E-state index < -0.39 is 5.97 Å². The van der Waals surface area contributed by atoms with Gasteiger partial charge in [0.15, 0.2) is 0 Å². The second kappa shape index (κ2) is 2.81. The summed E-state index contributed by atoms with van der Waals surface area (Å²) in [4.78, 5) is 10.3. The van der Waals surface area contributed by atoms with Gasteiger partial charge in [-0.25, -0.2) is 4.79 Å². The smallest absolute Gasteiger partial charge is 0.332 e. The lowest BCUT2D eigenvalue weighted by atomic mass is 10.1. The second-order valence-corrected chi connectivity index (χ2v) is 2.19. The highest BCUT2D eigenvalue weighted by molar-refractivity contribution is 5.87. The number of aliphatic carboxylic acids is 1. The third-order valence-electron chi connectivity index (χ3n) is 1.39. The topological polar surface area (TPSA) is 63.6 Å². The Labute approximate surface area is 58.3 Å². The van der Waals surface area contributed by atoms with Crippen LogP contribution in [0.4, 0.5) is 0 Å². The predicted octanol–water partition coefficient (Wildman–Crippen LogP) is 0.201. The Bertz CT molecular complexity index is 176. The van der Waals surface area contributed by atoms with Gasteiger partial charge in [-0.15, -0.1) is 0 Å². The van der Waals surface area contributed by atoms with E-state index in [1.807, 2.05) is 0 Å². The molecule has 4 nitrogen and oxygen atoms in total. The molecule has 0 spiro atoms. The predicted molar refractivity (Wildman–Crippen MR) is 35.3 cm³/mol. The molecular weight excluding hydrogens is 134 g/mol. The van der Waals surface area contributed by atoms with Crippen molar-refractivity contribution in [1.29, 1.82) is 0 Å². The number of hydrogen-bond donors (Lipinski definition) is 1. The van der Waals surface area contributed by atoms with E-state index >= 15 is 0 Å². The van der Waals surface area contributed by atoms with Crippen LogP contribution in [0.5, 0.6) is 0 Å². The fraction of sp³-hybridized carbons (Fsp3) is 0.500. The molecule has 0 radical (unpaired) electrons. The van der Waals surface area contributed by atoms with E-state index in [-0.39, 0.29) is 12.1 Å². The van der Waals surface area contributed by atoms with Gasteiger partial charge in [-0.05, 0) is 13.0 Å². The Morgan fingerprint density at radius 2 is 2.50 bits per heavy atom. The van der Waals surface area contributed by atoms with E-state index in [0.717, 1.165) is 5.06 Å². The molecule has 0 fully saturated rings. The van der Waals surface area contributed by atoms with Gasteiger partial charge in [-0.3, -0.25) is 0 Å². The van der Waals surface area contributed by atoms with E-state index in [4.69, 9.17) is 5.11 Å². The minimum atomic E-state index is -0.986. The summed E-state index contributed by atoms with van der Waals surface area (Å²) in [7, 11) is 0. The molecule has 10 heavy (non-hydrogen) atoms. The average Bonchev–Trinajstić information content (AvgIpc) is 1.88. The van der Waals surface area contributed by atoms with Crippen LogP contribution >= 0.6 is 0 Å². The maximum Gasteiger partial charge on any atom is 0.332 e. The molecule has 0 aromatic rings. The summed E-state index contributed by atoms with van der Waals surface area (Å²) < 4.78 is 0. The summed E-state index contributed by atoms with van der Waals surface area (Å²) in [5, 5.41) is 19.8. The third kappa shape index (κ3) is 1.55. The molecule has 0 aromatic heterocycles. The lowest BCUT2D eigenvalue weighted by Crippen LogP contribution is -2.26. The first kappa shape index (κ1) is 7.24. The van der Waals surface area contributed by atoms with E-state index in [1.54, 1.807) is 6.08 Å². The third-order valence-corrected chi connectivity index (χ3v) is 1.39. The molecule has 1 aliphatic heterocycles. The minimum Gasteiger partial charge on any atom is -0.785 e. The van der Waals surface area contributed by atoms with Crippen LogP contribution in [0.3, 0.4) is 0 Å². The number of rotatable bonds is 1. The quantitative estimate of drug-likeness (QED) is 0.568. The fourth-order valence-electron chi connectivity index (χ4n) is 0.871. The highest BCUT2D eigenvalue weighted by Crippen LogP contribution is 2.07. The van der Waals surface area contributed by atoms with Crippen molar-refractivity contribution in [3.8, 4) is 0 Å². The standard InChI is InChI=1S/C6H8NO3/c8-6(9)5-2-1-3-7(10)4-5/h2H,1,3-4H2,(H,8,9)/q-1. The highest BCUT2D eigenvalue weighted by Gasteiger charge is 2.10. The number of hydroxylamine groups is 2. The Hall–Kier alpha value is -0.870. The summed E-state index contributed by atoms with van der Waals surface area (Å²) in [5.41, 5.74) is 0.209. The van der Waals surface area contributed by atoms with Crippen molar-refractivity contribution < 1.29 is 9.90 Å². The van der Waals surface area contributed by atoms with Gasteiger partial charge >= 0.3 is 5.97 Å². The molecule has 0 aliphatic carbocycles. The molecular formula is C6H8NO3-. The molecule has 1 aliphatic rings. The first-order valence-electron chi connectivity index (χ1n) is 3.04. The molecule has 1 rings (SSSR count). The Kier molecular flexibility index (Phi) is 2.03. The molecule has 0 saturated carbocycles. The van der Waals surface area contributed by atoms with Crippen LogP contribution in [0.2, 0.25) is 0 Å². The molecule has 0 saturated heterocycles. The van der Waals surface area contributed by atoms with E-state index in [9.17, 15) is 10.0 Å². The molecule has 0 amide bonds. The molecule has 0 atom stereocenters. The normalized spacial score (nSPS) is 20.3. The maximum absolute atomic E-state index is 10.6. The van der Waals surface area contributed by atoms with Crippen molar-refractivity contribution in [2.75, 3.05) is 13.1 Å². The number of carbonyl (C=O) groups is 1. The highest BCUT2D eigenvalue weighted by atomic mass is 16.5. The molecule has 1 heterocycles. The van der Waals surface area contributed by atoms with Gasteiger partial charge in [0.25, 0.3) is 0 Å².